The first-order valence-electron chi connectivity index (χ1n) is 7.35. The van der Waals surface area contributed by atoms with Crippen LogP contribution in [-0.4, -0.2) is 30.7 Å². The molecule has 1 fully saturated rings. The van der Waals surface area contributed by atoms with Crippen molar-refractivity contribution in [1.29, 1.82) is 0 Å². The van der Waals surface area contributed by atoms with Crippen LogP contribution < -0.4 is 10.2 Å². The summed E-state index contributed by atoms with van der Waals surface area (Å²) in [4.78, 5) is 6.62. The summed E-state index contributed by atoms with van der Waals surface area (Å²) < 4.78 is 0. The maximum Gasteiger partial charge on any atom is 0.0418 e. The van der Waals surface area contributed by atoms with E-state index < -0.39 is 0 Å². The molecule has 0 saturated carbocycles. The number of benzene rings is 1. The molecule has 1 aromatic carbocycles. The standard InChI is InChI=1S/C17H21N3/c1-2-4-16(5-3-1)20-13-12-19-14-17(20)7-6-15-8-10-18-11-9-15/h1-5,8-11,17,19H,6-7,12-14H2. The Morgan fingerprint density at radius 1 is 1.10 bits per heavy atom. The van der Waals surface area contributed by atoms with Gasteiger partial charge in [0.1, 0.15) is 0 Å². The second-order valence-corrected chi connectivity index (χ2v) is 5.28. The highest BCUT2D eigenvalue weighted by atomic mass is 15.2. The molecule has 1 aliphatic rings. The predicted octanol–water partition coefficient (Wildman–Crippen LogP) is 2.49. The fourth-order valence-electron chi connectivity index (χ4n) is 2.86. The van der Waals surface area contributed by atoms with Gasteiger partial charge in [0.25, 0.3) is 0 Å². The number of pyridine rings is 1. The number of nitrogens with one attached hydrogen (secondary N) is 1. The van der Waals surface area contributed by atoms with Crippen LogP contribution in [0.3, 0.4) is 0 Å². The van der Waals surface area contributed by atoms with Crippen molar-refractivity contribution in [2.24, 2.45) is 0 Å². The van der Waals surface area contributed by atoms with E-state index >= 15 is 0 Å². The number of anilines is 1. The van der Waals surface area contributed by atoms with Crippen LogP contribution in [0, 0.1) is 0 Å². The highest BCUT2D eigenvalue weighted by molar-refractivity contribution is 5.47. The van der Waals surface area contributed by atoms with Gasteiger partial charge < -0.3 is 10.2 Å². The van der Waals surface area contributed by atoms with Gasteiger partial charge in [-0.15, -0.1) is 0 Å². The molecule has 1 aromatic heterocycles. The normalized spacial score (nSPS) is 19.0. The minimum Gasteiger partial charge on any atom is -0.366 e. The van der Waals surface area contributed by atoms with E-state index in [4.69, 9.17) is 0 Å². The lowest BCUT2D eigenvalue weighted by Crippen LogP contribution is -2.51. The van der Waals surface area contributed by atoms with E-state index in [-0.39, 0.29) is 0 Å². The quantitative estimate of drug-likeness (QED) is 0.922. The third kappa shape index (κ3) is 3.17. The van der Waals surface area contributed by atoms with Gasteiger partial charge in [-0.25, -0.2) is 0 Å². The minimum atomic E-state index is 0.569. The van der Waals surface area contributed by atoms with Gasteiger partial charge in [0, 0.05) is 43.8 Å². The van der Waals surface area contributed by atoms with Crippen LogP contribution in [0.1, 0.15) is 12.0 Å². The molecule has 2 heterocycles. The molecule has 1 N–H and O–H groups in total. The molecule has 2 aromatic rings. The topological polar surface area (TPSA) is 28.2 Å². The van der Waals surface area contributed by atoms with Crippen molar-refractivity contribution in [2.45, 2.75) is 18.9 Å². The molecule has 3 heteroatoms. The van der Waals surface area contributed by atoms with E-state index in [9.17, 15) is 0 Å². The van der Waals surface area contributed by atoms with Gasteiger partial charge in [-0.1, -0.05) is 18.2 Å². The number of piperazine rings is 1. The summed E-state index contributed by atoms with van der Waals surface area (Å²) in [6, 6.07) is 15.5. The molecule has 0 amide bonds. The first-order valence-corrected chi connectivity index (χ1v) is 7.35. The lowest BCUT2D eigenvalue weighted by atomic mass is 10.0. The third-order valence-electron chi connectivity index (χ3n) is 3.95. The molecule has 0 bridgehead atoms. The Balaban J connectivity index is 1.67. The van der Waals surface area contributed by atoms with E-state index in [2.05, 4.69) is 57.7 Å². The highest BCUT2D eigenvalue weighted by Crippen LogP contribution is 2.20. The Hall–Kier alpha value is -1.87. The fraction of sp³-hybridized carbons (Fsp3) is 0.353. The van der Waals surface area contributed by atoms with Gasteiger partial charge in [-0.05, 0) is 42.7 Å². The first-order chi connectivity index (χ1) is 9.93. The van der Waals surface area contributed by atoms with Crippen molar-refractivity contribution in [1.82, 2.24) is 10.3 Å². The van der Waals surface area contributed by atoms with Crippen molar-refractivity contribution in [3.8, 4) is 0 Å². The number of nitrogens with zero attached hydrogens (tertiary/aromatic N) is 2. The molecular weight excluding hydrogens is 246 g/mol. The van der Waals surface area contributed by atoms with Crippen LogP contribution in [0.2, 0.25) is 0 Å². The van der Waals surface area contributed by atoms with Crippen LogP contribution in [0.15, 0.2) is 54.9 Å². The molecule has 3 nitrogen and oxygen atoms in total. The van der Waals surface area contributed by atoms with Crippen molar-refractivity contribution in [3.63, 3.8) is 0 Å². The maximum atomic E-state index is 4.08. The average molecular weight is 267 g/mol. The van der Waals surface area contributed by atoms with Gasteiger partial charge in [0.05, 0.1) is 0 Å². The zero-order valence-corrected chi connectivity index (χ0v) is 11.7. The summed E-state index contributed by atoms with van der Waals surface area (Å²) in [7, 11) is 0. The maximum absolute atomic E-state index is 4.08. The lowest BCUT2D eigenvalue weighted by molar-refractivity contribution is 0.454. The van der Waals surface area contributed by atoms with E-state index in [0.29, 0.717) is 6.04 Å². The van der Waals surface area contributed by atoms with Gasteiger partial charge in [-0.2, -0.15) is 0 Å². The number of para-hydroxylation sites is 1. The molecule has 104 valence electrons. The van der Waals surface area contributed by atoms with Crippen LogP contribution in [0.25, 0.3) is 0 Å². The van der Waals surface area contributed by atoms with Gasteiger partial charge in [-0.3, -0.25) is 4.98 Å². The van der Waals surface area contributed by atoms with Crippen molar-refractivity contribution >= 4 is 5.69 Å². The Kier molecular flexibility index (Phi) is 4.28. The summed E-state index contributed by atoms with van der Waals surface area (Å²) in [5.41, 5.74) is 2.72. The monoisotopic (exact) mass is 267 g/mol. The van der Waals surface area contributed by atoms with E-state index in [1.807, 2.05) is 12.4 Å². The number of rotatable bonds is 4. The largest absolute Gasteiger partial charge is 0.366 e. The van der Waals surface area contributed by atoms with Gasteiger partial charge in [0.2, 0.25) is 0 Å². The third-order valence-corrected chi connectivity index (χ3v) is 3.95. The molecule has 0 spiro atoms. The van der Waals surface area contributed by atoms with Crippen LogP contribution in [0.4, 0.5) is 5.69 Å². The Morgan fingerprint density at radius 2 is 1.90 bits per heavy atom. The zero-order valence-electron chi connectivity index (χ0n) is 11.7. The second kappa shape index (κ2) is 6.53. The Labute approximate surface area is 120 Å². The summed E-state index contributed by atoms with van der Waals surface area (Å²) in [5.74, 6) is 0. The first kappa shape index (κ1) is 13.1. The lowest BCUT2D eigenvalue weighted by Gasteiger charge is -2.38. The second-order valence-electron chi connectivity index (χ2n) is 5.28. The SMILES string of the molecule is c1ccc(N2CCNCC2CCc2ccncc2)cc1. The van der Waals surface area contributed by atoms with E-state index in [1.165, 1.54) is 17.7 Å². The van der Waals surface area contributed by atoms with Crippen molar-refractivity contribution in [3.05, 3.63) is 60.4 Å². The van der Waals surface area contributed by atoms with Crippen LogP contribution in [0.5, 0.6) is 0 Å². The summed E-state index contributed by atoms with van der Waals surface area (Å²) >= 11 is 0. The molecule has 1 unspecified atom stereocenters. The highest BCUT2D eigenvalue weighted by Gasteiger charge is 2.21. The number of hydrogen-bond acceptors (Lipinski definition) is 3. The molecule has 1 aliphatic heterocycles. The summed E-state index contributed by atoms with van der Waals surface area (Å²) in [5, 5.41) is 3.52. The minimum absolute atomic E-state index is 0.569. The molecule has 1 atom stereocenters. The number of hydrogen-bond donors (Lipinski definition) is 1. The van der Waals surface area contributed by atoms with Crippen molar-refractivity contribution in [2.75, 3.05) is 24.5 Å². The average Bonchev–Trinajstić information content (AvgIpc) is 2.55. The molecule has 0 aliphatic carbocycles. The van der Waals surface area contributed by atoms with Crippen LogP contribution >= 0.6 is 0 Å². The van der Waals surface area contributed by atoms with E-state index in [0.717, 1.165) is 26.1 Å². The van der Waals surface area contributed by atoms with E-state index in [1.54, 1.807) is 0 Å². The molecule has 1 saturated heterocycles. The molecular formula is C17H21N3. The molecule has 3 rings (SSSR count). The Bertz CT molecular complexity index is 512. The van der Waals surface area contributed by atoms with Crippen molar-refractivity contribution < 1.29 is 0 Å². The van der Waals surface area contributed by atoms with Gasteiger partial charge >= 0.3 is 0 Å². The van der Waals surface area contributed by atoms with Gasteiger partial charge in [0.15, 0.2) is 0 Å². The van der Waals surface area contributed by atoms with Crippen LogP contribution in [-0.2, 0) is 6.42 Å². The number of aromatic nitrogens is 1. The molecule has 0 radical (unpaired) electrons. The fourth-order valence-corrected chi connectivity index (χ4v) is 2.86. The summed E-state index contributed by atoms with van der Waals surface area (Å²) in [6.07, 6.45) is 6.04. The summed E-state index contributed by atoms with van der Waals surface area (Å²) in [6.45, 7) is 3.23. The molecule has 20 heavy (non-hydrogen) atoms. The Morgan fingerprint density at radius 3 is 2.70 bits per heavy atom. The predicted molar refractivity (Wildman–Crippen MR) is 83.0 cm³/mol. The number of aryl methyl sites for hydroxylation is 1. The zero-order chi connectivity index (χ0) is 13.6. The smallest absolute Gasteiger partial charge is 0.0418 e.